The maximum Gasteiger partial charge on any atom is 0.123 e. The molecule has 1 aliphatic heterocycles. The zero-order valence-corrected chi connectivity index (χ0v) is 11.3. The first-order chi connectivity index (χ1) is 8.60. The lowest BCUT2D eigenvalue weighted by Gasteiger charge is -2.37. The summed E-state index contributed by atoms with van der Waals surface area (Å²) in [6, 6.07) is 5.51. The van der Waals surface area contributed by atoms with Crippen molar-refractivity contribution in [3.63, 3.8) is 0 Å². The van der Waals surface area contributed by atoms with Crippen molar-refractivity contribution in [3.05, 3.63) is 35.1 Å². The molecule has 100 valence electrons. The van der Waals surface area contributed by atoms with Crippen molar-refractivity contribution < 1.29 is 4.39 Å². The van der Waals surface area contributed by atoms with Gasteiger partial charge in [-0.05, 0) is 48.9 Å². The van der Waals surface area contributed by atoms with Gasteiger partial charge in [-0.15, -0.1) is 0 Å². The highest BCUT2D eigenvalue weighted by atomic mass is 19.1. The van der Waals surface area contributed by atoms with E-state index in [1.165, 1.54) is 18.9 Å². The number of hydrogen-bond acceptors (Lipinski definition) is 2. The lowest BCUT2D eigenvalue weighted by atomic mass is 9.94. The first-order valence-electron chi connectivity index (χ1n) is 6.81. The Labute approximate surface area is 109 Å². The second kappa shape index (κ2) is 5.81. The van der Waals surface area contributed by atoms with E-state index < -0.39 is 0 Å². The van der Waals surface area contributed by atoms with Crippen LogP contribution >= 0.6 is 0 Å². The van der Waals surface area contributed by atoms with Crippen LogP contribution in [-0.2, 0) is 13.1 Å². The Bertz CT molecular complexity index is 405. The summed E-state index contributed by atoms with van der Waals surface area (Å²) >= 11 is 0. The average Bonchev–Trinajstić information content (AvgIpc) is 2.34. The molecule has 18 heavy (non-hydrogen) atoms. The number of piperidine rings is 1. The highest BCUT2D eigenvalue weighted by Crippen LogP contribution is 2.24. The van der Waals surface area contributed by atoms with E-state index in [1.54, 1.807) is 6.07 Å². The van der Waals surface area contributed by atoms with Crippen LogP contribution in [0.15, 0.2) is 18.2 Å². The molecule has 1 saturated heterocycles. The Hall–Kier alpha value is -0.930. The normalized spacial score (nSPS) is 25.3. The van der Waals surface area contributed by atoms with E-state index in [2.05, 4.69) is 18.7 Å². The van der Waals surface area contributed by atoms with Crippen LogP contribution < -0.4 is 5.73 Å². The highest BCUT2D eigenvalue weighted by molar-refractivity contribution is 5.27. The summed E-state index contributed by atoms with van der Waals surface area (Å²) in [7, 11) is 0. The fourth-order valence-electron chi connectivity index (χ4n) is 2.76. The molecule has 0 bridgehead atoms. The van der Waals surface area contributed by atoms with Gasteiger partial charge in [0, 0.05) is 25.7 Å². The number of likely N-dealkylation sites (tertiary alicyclic amines) is 1. The number of hydrogen-bond donors (Lipinski definition) is 1. The van der Waals surface area contributed by atoms with Crippen molar-refractivity contribution in [2.45, 2.75) is 45.8 Å². The molecule has 0 amide bonds. The topological polar surface area (TPSA) is 29.3 Å². The molecule has 0 saturated carbocycles. The lowest BCUT2D eigenvalue weighted by molar-refractivity contribution is 0.117. The summed E-state index contributed by atoms with van der Waals surface area (Å²) in [5.41, 5.74) is 7.82. The number of nitrogens with zero attached hydrogens (tertiary/aromatic N) is 1. The maximum atomic E-state index is 13.4. The molecule has 3 heteroatoms. The van der Waals surface area contributed by atoms with Crippen LogP contribution in [0.1, 0.15) is 37.8 Å². The lowest BCUT2D eigenvalue weighted by Crippen LogP contribution is -2.40. The fourth-order valence-corrected chi connectivity index (χ4v) is 2.76. The van der Waals surface area contributed by atoms with Gasteiger partial charge in [0.2, 0.25) is 0 Å². The summed E-state index contributed by atoms with van der Waals surface area (Å²) in [6.45, 7) is 6.94. The number of nitrogens with two attached hydrogens (primary N) is 1. The molecule has 2 atom stereocenters. The van der Waals surface area contributed by atoms with Crippen molar-refractivity contribution >= 4 is 0 Å². The molecular weight excluding hydrogens is 227 g/mol. The molecule has 1 aromatic rings. The smallest absolute Gasteiger partial charge is 0.123 e. The number of rotatable bonds is 3. The molecule has 0 spiro atoms. The van der Waals surface area contributed by atoms with Gasteiger partial charge >= 0.3 is 0 Å². The van der Waals surface area contributed by atoms with Gasteiger partial charge < -0.3 is 5.73 Å². The predicted molar refractivity (Wildman–Crippen MR) is 72.6 cm³/mol. The minimum atomic E-state index is -0.167. The molecule has 2 nitrogen and oxygen atoms in total. The monoisotopic (exact) mass is 250 g/mol. The first-order valence-corrected chi connectivity index (χ1v) is 6.81. The van der Waals surface area contributed by atoms with Gasteiger partial charge in [0.05, 0.1) is 0 Å². The average molecular weight is 250 g/mol. The Morgan fingerprint density at radius 2 is 2.06 bits per heavy atom. The van der Waals surface area contributed by atoms with Crippen LogP contribution in [0.3, 0.4) is 0 Å². The van der Waals surface area contributed by atoms with Gasteiger partial charge in [-0.1, -0.05) is 13.0 Å². The molecule has 1 aromatic carbocycles. The van der Waals surface area contributed by atoms with E-state index in [9.17, 15) is 4.39 Å². The summed E-state index contributed by atoms with van der Waals surface area (Å²) in [5.74, 6) is 0.566. The Kier molecular flexibility index (Phi) is 4.36. The summed E-state index contributed by atoms with van der Waals surface area (Å²) in [6.07, 6.45) is 2.53. The van der Waals surface area contributed by atoms with Gasteiger partial charge in [-0.25, -0.2) is 4.39 Å². The van der Waals surface area contributed by atoms with E-state index in [1.807, 2.05) is 6.07 Å². The third-order valence-electron chi connectivity index (χ3n) is 4.01. The van der Waals surface area contributed by atoms with E-state index in [0.717, 1.165) is 30.1 Å². The second-order valence-electron chi connectivity index (χ2n) is 5.58. The van der Waals surface area contributed by atoms with Crippen LogP contribution in [-0.4, -0.2) is 17.5 Å². The molecular formula is C15H23FN2. The zero-order chi connectivity index (χ0) is 13.1. The largest absolute Gasteiger partial charge is 0.326 e. The zero-order valence-electron chi connectivity index (χ0n) is 11.3. The van der Waals surface area contributed by atoms with E-state index >= 15 is 0 Å². The molecule has 1 aliphatic rings. The van der Waals surface area contributed by atoms with E-state index in [4.69, 9.17) is 5.73 Å². The Balaban J connectivity index is 2.14. The highest BCUT2D eigenvalue weighted by Gasteiger charge is 2.23. The molecule has 0 aliphatic carbocycles. The molecule has 2 unspecified atom stereocenters. The van der Waals surface area contributed by atoms with Crippen molar-refractivity contribution in [1.29, 1.82) is 0 Å². The first kappa shape index (κ1) is 13.5. The second-order valence-corrected chi connectivity index (χ2v) is 5.58. The molecule has 1 fully saturated rings. The van der Waals surface area contributed by atoms with Gasteiger partial charge in [-0.2, -0.15) is 0 Å². The van der Waals surface area contributed by atoms with Crippen LogP contribution in [0, 0.1) is 11.7 Å². The Morgan fingerprint density at radius 1 is 1.28 bits per heavy atom. The molecule has 2 rings (SSSR count). The standard InChI is InChI=1S/C15H23FN2/c1-11-3-4-12(2)18(9-11)10-14-7-15(16)6-5-13(14)8-17/h5-7,11-12H,3-4,8-10,17H2,1-2H3. The minimum Gasteiger partial charge on any atom is -0.326 e. The summed E-state index contributed by atoms with van der Waals surface area (Å²) in [4.78, 5) is 2.45. The third-order valence-corrected chi connectivity index (χ3v) is 4.01. The van der Waals surface area contributed by atoms with Crippen molar-refractivity contribution in [1.82, 2.24) is 4.90 Å². The summed E-state index contributed by atoms with van der Waals surface area (Å²) in [5, 5.41) is 0. The molecule has 0 radical (unpaired) electrons. The number of halogens is 1. The molecule has 1 heterocycles. The van der Waals surface area contributed by atoms with Crippen molar-refractivity contribution in [3.8, 4) is 0 Å². The predicted octanol–water partition coefficient (Wildman–Crippen LogP) is 2.90. The molecule has 2 N–H and O–H groups in total. The molecule has 0 aromatic heterocycles. The quantitative estimate of drug-likeness (QED) is 0.893. The van der Waals surface area contributed by atoms with Crippen molar-refractivity contribution in [2.24, 2.45) is 11.7 Å². The SMILES string of the molecule is CC1CCC(C)N(Cc2cc(F)ccc2CN)C1. The van der Waals surface area contributed by atoms with Crippen LogP contribution in [0.25, 0.3) is 0 Å². The third kappa shape index (κ3) is 3.09. The minimum absolute atomic E-state index is 0.167. The van der Waals surface area contributed by atoms with E-state index in [0.29, 0.717) is 12.6 Å². The van der Waals surface area contributed by atoms with Crippen LogP contribution in [0.2, 0.25) is 0 Å². The van der Waals surface area contributed by atoms with E-state index in [-0.39, 0.29) is 5.82 Å². The van der Waals surface area contributed by atoms with Gasteiger partial charge in [0.1, 0.15) is 5.82 Å². The van der Waals surface area contributed by atoms with Gasteiger partial charge in [-0.3, -0.25) is 4.90 Å². The Morgan fingerprint density at radius 3 is 2.78 bits per heavy atom. The van der Waals surface area contributed by atoms with Crippen molar-refractivity contribution in [2.75, 3.05) is 6.54 Å². The maximum absolute atomic E-state index is 13.4. The van der Waals surface area contributed by atoms with Crippen LogP contribution in [0.4, 0.5) is 4.39 Å². The van der Waals surface area contributed by atoms with Crippen LogP contribution in [0.5, 0.6) is 0 Å². The summed E-state index contributed by atoms with van der Waals surface area (Å²) < 4.78 is 13.4. The van der Waals surface area contributed by atoms with Gasteiger partial charge in [0.15, 0.2) is 0 Å². The fraction of sp³-hybridized carbons (Fsp3) is 0.600. The number of benzene rings is 1. The van der Waals surface area contributed by atoms with Gasteiger partial charge in [0.25, 0.3) is 0 Å².